The number of ether oxygens (including phenoxy) is 1. The van der Waals surface area contributed by atoms with Crippen molar-refractivity contribution in [2.75, 3.05) is 31.6 Å². The Morgan fingerprint density at radius 3 is 2.95 bits per heavy atom. The van der Waals surface area contributed by atoms with E-state index in [4.69, 9.17) is 4.74 Å². The van der Waals surface area contributed by atoms with Crippen LogP contribution >= 0.6 is 0 Å². The highest BCUT2D eigenvalue weighted by Crippen LogP contribution is 2.27. The van der Waals surface area contributed by atoms with Crippen molar-refractivity contribution in [3.05, 3.63) is 29.3 Å². The summed E-state index contributed by atoms with van der Waals surface area (Å²) in [5, 5.41) is 5.79. The molecule has 2 saturated heterocycles. The summed E-state index contributed by atoms with van der Waals surface area (Å²) in [6.45, 7) is 5.65. The van der Waals surface area contributed by atoms with Crippen molar-refractivity contribution in [2.45, 2.75) is 25.9 Å². The van der Waals surface area contributed by atoms with Gasteiger partial charge >= 0.3 is 6.03 Å². The van der Waals surface area contributed by atoms with Crippen LogP contribution in [0.3, 0.4) is 0 Å². The molecule has 1 aromatic carbocycles. The molecule has 0 saturated carbocycles. The molecule has 0 aromatic heterocycles. The molecule has 3 amide bonds. The first-order valence-corrected chi connectivity index (χ1v) is 7.51. The summed E-state index contributed by atoms with van der Waals surface area (Å²) >= 11 is 0. The summed E-state index contributed by atoms with van der Waals surface area (Å²) in [6, 6.07) is 5.87. The number of aryl methyl sites for hydroxylation is 2. The lowest BCUT2D eigenvalue weighted by Gasteiger charge is -2.33. The molecule has 118 valence electrons. The average molecular weight is 303 g/mol. The quantitative estimate of drug-likeness (QED) is 0.824. The van der Waals surface area contributed by atoms with E-state index in [1.165, 1.54) is 0 Å². The molecule has 1 aromatic rings. The Kier molecular flexibility index (Phi) is 3.78. The van der Waals surface area contributed by atoms with Crippen LogP contribution in [0.4, 0.5) is 10.5 Å². The van der Waals surface area contributed by atoms with E-state index < -0.39 is 5.60 Å². The number of morpholine rings is 1. The minimum absolute atomic E-state index is 0.0758. The van der Waals surface area contributed by atoms with Crippen molar-refractivity contribution in [2.24, 2.45) is 0 Å². The summed E-state index contributed by atoms with van der Waals surface area (Å²) in [4.78, 5) is 25.4. The van der Waals surface area contributed by atoms with E-state index in [1.807, 2.05) is 32.0 Å². The third-order valence-corrected chi connectivity index (χ3v) is 4.36. The van der Waals surface area contributed by atoms with Gasteiger partial charge in [0, 0.05) is 18.8 Å². The number of nitrogens with one attached hydrogen (secondary N) is 2. The van der Waals surface area contributed by atoms with Gasteiger partial charge in [0.05, 0.1) is 6.54 Å². The van der Waals surface area contributed by atoms with Gasteiger partial charge in [0.15, 0.2) is 0 Å². The lowest BCUT2D eigenvalue weighted by atomic mass is 10.0. The van der Waals surface area contributed by atoms with Crippen molar-refractivity contribution in [1.29, 1.82) is 0 Å². The highest BCUT2D eigenvalue weighted by Gasteiger charge is 2.43. The number of likely N-dealkylation sites (tertiary alicyclic amines) is 1. The second kappa shape index (κ2) is 5.61. The van der Waals surface area contributed by atoms with Gasteiger partial charge in [-0.3, -0.25) is 4.79 Å². The summed E-state index contributed by atoms with van der Waals surface area (Å²) in [5.74, 6) is -0.0936. The van der Waals surface area contributed by atoms with E-state index in [9.17, 15) is 9.59 Å². The first-order valence-electron chi connectivity index (χ1n) is 7.51. The molecule has 2 N–H and O–H groups in total. The van der Waals surface area contributed by atoms with Crippen LogP contribution in [-0.4, -0.2) is 48.7 Å². The van der Waals surface area contributed by atoms with E-state index in [-0.39, 0.29) is 18.5 Å². The van der Waals surface area contributed by atoms with Gasteiger partial charge in [-0.1, -0.05) is 12.1 Å². The predicted molar refractivity (Wildman–Crippen MR) is 82.8 cm³/mol. The number of benzene rings is 1. The number of carbonyl (C=O) groups excluding carboxylic acids is 2. The lowest BCUT2D eigenvalue weighted by Crippen LogP contribution is -2.54. The topological polar surface area (TPSA) is 70.7 Å². The number of anilines is 1. The molecule has 2 aliphatic heterocycles. The first-order chi connectivity index (χ1) is 10.5. The Bertz CT molecular complexity index is 605. The zero-order valence-corrected chi connectivity index (χ0v) is 12.9. The molecule has 1 atom stereocenters. The molecule has 0 aliphatic carbocycles. The maximum atomic E-state index is 12.4. The van der Waals surface area contributed by atoms with Gasteiger partial charge in [-0.05, 0) is 37.5 Å². The number of hydrogen-bond acceptors (Lipinski definition) is 3. The summed E-state index contributed by atoms with van der Waals surface area (Å²) in [5.41, 5.74) is 2.56. The largest absolute Gasteiger partial charge is 0.361 e. The normalized spacial score (nSPS) is 24.5. The molecular formula is C16H21N3O3. The minimum atomic E-state index is -0.424. The van der Waals surface area contributed by atoms with Crippen molar-refractivity contribution >= 4 is 17.6 Å². The monoisotopic (exact) mass is 303 g/mol. The SMILES string of the molecule is Cc1ccc(C)c(NC(=O)N2CCC3(CNC(=O)CO3)C2)c1. The van der Waals surface area contributed by atoms with Crippen LogP contribution in [0.2, 0.25) is 0 Å². The fourth-order valence-corrected chi connectivity index (χ4v) is 2.93. The Balaban J connectivity index is 1.64. The summed E-state index contributed by atoms with van der Waals surface area (Å²) in [7, 11) is 0. The van der Waals surface area contributed by atoms with Crippen molar-refractivity contribution in [3.8, 4) is 0 Å². The Hall–Kier alpha value is -2.08. The fourth-order valence-electron chi connectivity index (χ4n) is 2.93. The summed E-state index contributed by atoms with van der Waals surface area (Å²) in [6.07, 6.45) is 0.744. The average Bonchev–Trinajstić information content (AvgIpc) is 2.91. The van der Waals surface area contributed by atoms with Gasteiger partial charge in [-0.2, -0.15) is 0 Å². The lowest BCUT2D eigenvalue weighted by molar-refractivity contribution is -0.141. The van der Waals surface area contributed by atoms with Gasteiger partial charge in [0.2, 0.25) is 5.91 Å². The number of rotatable bonds is 1. The highest BCUT2D eigenvalue weighted by molar-refractivity contribution is 5.90. The molecule has 22 heavy (non-hydrogen) atoms. The second-order valence-corrected chi connectivity index (χ2v) is 6.17. The fraction of sp³-hybridized carbons (Fsp3) is 0.500. The third kappa shape index (κ3) is 2.92. The molecular weight excluding hydrogens is 282 g/mol. The molecule has 0 radical (unpaired) electrons. The van der Waals surface area contributed by atoms with Crippen LogP contribution in [0.25, 0.3) is 0 Å². The zero-order valence-electron chi connectivity index (χ0n) is 12.9. The number of urea groups is 1. The smallest absolute Gasteiger partial charge is 0.321 e. The van der Waals surface area contributed by atoms with Crippen molar-refractivity contribution in [3.63, 3.8) is 0 Å². The molecule has 2 fully saturated rings. The van der Waals surface area contributed by atoms with E-state index in [0.717, 1.165) is 23.2 Å². The molecule has 3 rings (SSSR count). The van der Waals surface area contributed by atoms with Crippen LogP contribution in [0.1, 0.15) is 17.5 Å². The van der Waals surface area contributed by atoms with Crippen LogP contribution < -0.4 is 10.6 Å². The van der Waals surface area contributed by atoms with Gasteiger partial charge in [0.25, 0.3) is 0 Å². The van der Waals surface area contributed by atoms with Crippen LogP contribution in [0, 0.1) is 13.8 Å². The van der Waals surface area contributed by atoms with Crippen molar-refractivity contribution < 1.29 is 14.3 Å². The van der Waals surface area contributed by atoms with Crippen LogP contribution in [0.5, 0.6) is 0 Å². The number of hydrogen-bond donors (Lipinski definition) is 2. The van der Waals surface area contributed by atoms with Crippen LogP contribution in [0.15, 0.2) is 18.2 Å². The maximum Gasteiger partial charge on any atom is 0.321 e. The minimum Gasteiger partial charge on any atom is -0.361 e. The third-order valence-electron chi connectivity index (χ3n) is 4.36. The summed E-state index contributed by atoms with van der Waals surface area (Å²) < 4.78 is 5.68. The second-order valence-electron chi connectivity index (χ2n) is 6.17. The maximum absolute atomic E-state index is 12.4. The predicted octanol–water partition coefficient (Wildman–Crippen LogP) is 1.43. The number of carbonyl (C=O) groups is 2. The van der Waals surface area contributed by atoms with Gasteiger partial charge in [0.1, 0.15) is 12.2 Å². The Morgan fingerprint density at radius 2 is 2.23 bits per heavy atom. The number of nitrogens with zero attached hydrogens (tertiary/aromatic N) is 1. The van der Waals surface area contributed by atoms with Gasteiger partial charge in [-0.25, -0.2) is 4.79 Å². The molecule has 1 spiro atoms. The Morgan fingerprint density at radius 1 is 1.41 bits per heavy atom. The molecule has 0 bridgehead atoms. The molecule has 6 nitrogen and oxygen atoms in total. The van der Waals surface area contributed by atoms with E-state index in [2.05, 4.69) is 10.6 Å². The van der Waals surface area contributed by atoms with Gasteiger partial charge < -0.3 is 20.3 Å². The van der Waals surface area contributed by atoms with E-state index >= 15 is 0 Å². The zero-order chi connectivity index (χ0) is 15.7. The standard InChI is InChI=1S/C16H21N3O3/c1-11-3-4-12(2)13(7-11)18-15(21)19-6-5-16(10-19)9-17-14(20)8-22-16/h3-4,7H,5-6,8-10H2,1-2H3,(H,17,20)(H,18,21). The Labute approximate surface area is 129 Å². The molecule has 1 unspecified atom stereocenters. The van der Waals surface area contributed by atoms with Crippen molar-refractivity contribution in [1.82, 2.24) is 10.2 Å². The van der Waals surface area contributed by atoms with Crippen LogP contribution in [-0.2, 0) is 9.53 Å². The molecule has 6 heteroatoms. The first kappa shape index (κ1) is 14.8. The highest BCUT2D eigenvalue weighted by atomic mass is 16.5. The number of amides is 3. The molecule has 2 heterocycles. The van der Waals surface area contributed by atoms with E-state index in [1.54, 1.807) is 4.90 Å². The van der Waals surface area contributed by atoms with Gasteiger partial charge in [-0.15, -0.1) is 0 Å². The van der Waals surface area contributed by atoms with E-state index in [0.29, 0.717) is 19.6 Å². The molecule has 2 aliphatic rings.